The SMILES string of the molecule is C=CCn1c(SCCCNS(C)(=O)=O)nc2scc(-c3ccccc3)c2c1=O. The zero-order valence-electron chi connectivity index (χ0n) is 15.4. The van der Waals surface area contributed by atoms with Crippen molar-refractivity contribution in [2.24, 2.45) is 0 Å². The first-order valence-electron chi connectivity index (χ1n) is 8.66. The summed E-state index contributed by atoms with van der Waals surface area (Å²) in [6, 6.07) is 9.80. The van der Waals surface area contributed by atoms with Crippen LogP contribution in [0.15, 0.2) is 58.3 Å². The lowest BCUT2D eigenvalue weighted by Gasteiger charge is -2.11. The summed E-state index contributed by atoms with van der Waals surface area (Å²) < 4.78 is 26.4. The first-order valence-corrected chi connectivity index (χ1v) is 12.4. The molecule has 148 valence electrons. The molecule has 0 aliphatic rings. The molecule has 6 nitrogen and oxygen atoms in total. The lowest BCUT2D eigenvalue weighted by Crippen LogP contribution is -2.24. The maximum atomic E-state index is 13.2. The minimum absolute atomic E-state index is 0.0817. The number of sulfonamides is 1. The van der Waals surface area contributed by atoms with Crippen molar-refractivity contribution >= 4 is 43.3 Å². The molecule has 0 bridgehead atoms. The zero-order valence-corrected chi connectivity index (χ0v) is 17.9. The number of nitrogens with one attached hydrogen (secondary N) is 1. The Hall–Kier alpha value is -1.94. The summed E-state index contributed by atoms with van der Waals surface area (Å²) in [7, 11) is -3.19. The average Bonchev–Trinajstić information content (AvgIpc) is 3.08. The fourth-order valence-electron chi connectivity index (χ4n) is 2.73. The van der Waals surface area contributed by atoms with Crippen LogP contribution in [0.1, 0.15) is 6.42 Å². The Morgan fingerprint density at radius 3 is 2.75 bits per heavy atom. The third kappa shape index (κ3) is 4.91. The van der Waals surface area contributed by atoms with E-state index in [1.807, 2.05) is 35.7 Å². The van der Waals surface area contributed by atoms with Crippen molar-refractivity contribution in [2.45, 2.75) is 18.1 Å². The van der Waals surface area contributed by atoms with Crippen LogP contribution in [0.25, 0.3) is 21.3 Å². The topological polar surface area (TPSA) is 81.1 Å². The van der Waals surface area contributed by atoms with Crippen molar-refractivity contribution in [3.05, 3.63) is 58.7 Å². The summed E-state index contributed by atoms with van der Waals surface area (Å²) in [6.45, 7) is 4.48. The summed E-state index contributed by atoms with van der Waals surface area (Å²) in [4.78, 5) is 18.6. The summed E-state index contributed by atoms with van der Waals surface area (Å²) in [5, 5.41) is 3.22. The molecule has 0 radical (unpaired) electrons. The molecule has 2 heterocycles. The van der Waals surface area contributed by atoms with Crippen LogP contribution in [0, 0.1) is 0 Å². The number of rotatable bonds is 9. The van der Waals surface area contributed by atoms with Crippen LogP contribution in [-0.2, 0) is 16.6 Å². The molecule has 28 heavy (non-hydrogen) atoms. The molecule has 0 aliphatic heterocycles. The van der Waals surface area contributed by atoms with Gasteiger partial charge in [0, 0.05) is 29.8 Å². The molecule has 0 atom stereocenters. The fraction of sp³-hybridized carbons (Fsp3) is 0.263. The Morgan fingerprint density at radius 1 is 1.32 bits per heavy atom. The second-order valence-corrected chi connectivity index (χ2v) is 9.92. The van der Waals surface area contributed by atoms with Crippen LogP contribution in [-0.4, -0.2) is 36.5 Å². The van der Waals surface area contributed by atoms with Gasteiger partial charge in [-0.25, -0.2) is 18.1 Å². The van der Waals surface area contributed by atoms with Gasteiger partial charge in [0.15, 0.2) is 5.16 Å². The Bertz CT molecular complexity index is 1140. The highest BCUT2D eigenvalue weighted by atomic mass is 32.2. The van der Waals surface area contributed by atoms with Crippen LogP contribution in [0.4, 0.5) is 0 Å². The first kappa shape index (κ1) is 20.8. The highest BCUT2D eigenvalue weighted by Gasteiger charge is 2.16. The van der Waals surface area contributed by atoms with Gasteiger partial charge in [-0.05, 0) is 12.0 Å². The minimum Gasteiger partial charge on any atom is -0.283 e. The van der Waals surface area contributed by atoms with E-state index in [4.69, 9.17) is 4.98 Å². The van der Waals surface area contributed by atoms with Crippen molar-refractivity contribution in [3.63, 3.8) is 0 Å². The number of fused-ring (bicyclic) bond motifs is 1. The van der Waals surface area contributed by atoms with Crippen LogP contribution in [0.5, 0.6) is 0 Å². The molecule has 0 spiro atoms. The van der Waals surface area contributed by atoms with Crippen molar-refractivity contribution in [2.75, 3.05) is 18.6 Å². The predicted octanol–water partition coefficient (Wildman–Crippen LogP) is 3.34. The van der Waals surface area contributed by atoms with Crippen LogP contribution < -0.4 is 10.3 Å². The molecule has 0 saturated heterocycles. The van der Waals surface area contributed by atoms with Gasteiger partial charge in [0.1, 0.15) is 4.83 Å². The molecular weight excluding hydrogens is 414 g/mol. The molecule has 9 heteroatoms. The number of hydrogen-bond acceptors (Lipinski definition) is 6. The van der Waals surface area contributed by atoms with Crippen LogP contribution in [0.3, 0.4) is 0 Å². The summed E-state index contributed by atoms with van der Waals surface area (Å²) >= 11 is 2.90. The lowest BCUT2D eigenvalue weighted by atomic mass is 10.1. The molecule has 1 N–H and O–H groups in total. The molecule has 0 amide bonds. The van der Waals surface area contributed by atoms with Gasteiger partial charge in [-0.15, -0.1) is 17.9 Å². The molecule has 0 unspecified atom stereocenters. The van der Waals surface area contributed by atoms with E-state index < -0.39 is 10.0 Å². The Kier molecular flexibility index (Phi) is 6.71. The maximum absolute atomic E-state index is 13.2. The number of hydrogen-bond donors (Lipinski definition) is 1. The summed E-state index contributed by atoms with van der Waals surface area (Å²) in [5.74, 6) is 0.647. The van der Waals surface area contributed by atoms with Gasteiger partial charge in [0.25, 0.3) is 5.56 Å². The normalized spacial score (nSPS) is 11.8. The Labute approximate surface area is 172 Å². The molecule has 0 saturated carbocycles. The number of nitrogens with zero attached hydrogens (tertiary/aromatic N) is 2. The second kappa shape index (κ2) is 9.04. The van der Waals surface area contributed by atoms with E-state index in [-0.39, 0.29) is 5.56 Å². The number of benzene rings is 1. The van der Waals surface area contributed by atoms with E-state index in [0.717, 1.165) is 17.4 Å². The van der Waals surface area contributed by atoms with Gasteiger partial charge in [0.2, 0.25) is 10.0 Å². The van der Waals surface area contributed by atoms with E-state index >= 15 is 0 Å². The van der Waals surface area contributed by atoms with Gasteiger partial charge in [0.05, 0.1) is 11.6 Å². The molecular formula is C19H21N3O3S3. The average molecular weight is 436 g/mol. The first-order chi connectivity index (χ1) is 13.4. The van der Waals surface area contributed by atoms with Gasteiger partial charge < -0.3 is 0 Å². The second-order valence-electron chi connectivity index (χ2n) is 6.16. The van der Waals surface area contributed by atoms with Crippen molar-refractivity contribution < 1.29 is 8.42 Å². The van der Waals surface area contributed by atoms with Gasteiger partial charge in [-0.1, -0.05) is 48.2 Å². The van der Waals surface area contributed by atoms with E-state index in [0.29, 0.717) is 40.6 Å². The quantitative estimate of drug-likeness (QED) is 0.241. The smallest absolute Gasteiger partial charge is 0.263 e. The zero-order chi connectivity index (χ0) is 20.1. The number of allylic oxidation sites excluding steroid dienone is 1. The lowest BCUT2D eigenvalue weighted by molar-refractivity contribution is 0.587. The molecule has 1 aromatic carbocycles. The van der Waals surface area contributed by atoms with E-state index in [9.17, 15) is 13.2 Å². The maximum Gasteiger partial charge on any atom is 0.263 e. The number of thiophene rings is 1. The minimum atomic E-state index is -3.19. The molecule has 3 rings (SSSR count). The third-order valence-electron chi connectivity index (χ3n) is 3.97. The van der Waals surface area contributed by atoms with E-state index in [1.54, 1.807) is 10.6 Å². The van der Waals surface area contributed by atoms with Gasteiger partial charge in [-0.2, -0.15) is 0 Å². The highest BCUT2D eigenvalue weighted by Crippen LogP contribution is 2.32. The Morgan fingerprint density at radius 2 is 2.07 bits per heavy atom. The van der Waals surface area contributed by atoms with Gasteiger partial charge >= 0.3 is 0 Å². The van der Waals surface area contributed by atoms with Crippen LogP contribution in [0.2, 0.25) is 0 Å². The van der Waals surface area contributed by atoms with Crippen molar-refractivity contribution in [1.29, 1.82) is 0 Å². The van der Waals surface area contributed by atoms with Crippen molar-refractivity contribution in [3.8, 4) is 11.1 Å². The number of aromatic nitrogens is 2. The monoisotopic (exact) mass is 435 g/mol. The molecule has 3 aromatic rings. The van der Waals surface area contributed by atoms with Crippen LogP contribution >= 0.6 is 23.1 Å². The van der Waals surface area contributed by atoms with Crippen molar-refractivity contribution in [1.82, 2.24) is 14.3 Å². The summed E-state index contributed by atoms with van der Waals surface area (Å²) in [5.41, 5.74) is 1.80. The number of thioether (sulfide) groups is 1. The Balaban J connectivity index is 1.90. The highest BCUT2D eigenvalue weighted by molar-refractivity contribution is 7.99. The van der Waals surface area contributed by atoms with E-state index in [1.165, 1.54) is 23.1 Å². The standard InChI is InChI=1S/C19H21N3O3S3/c1-3-11-22-18(23)16-15(14-8-5-4-6-9-14)13-27-17(16)21-19(22)26-12-7-10-20-28(2,24)25/h3-6,8-9,13,20H,1,7,10-12H2,2H3. The van der Waals surface area contributed by atoms with Gasteiger partial charge in [-0.3, -0.25) is 9.36 Å². The molecule has 0 fully saturated rings. The molecule has 2 aromatic heterocycles. The predicted molar refractivity (Wildman–Crippen MR) is 118 cm³/mol. The third-order valence-corrected chi connectivity index (χ3v) is 6.64. The largest absolute Gasteiger partial charge is 0.283 e. The van der Waals surface area contributed by atoms with E-state index in [2.05, 4.69) is 11.3 Å². The fourth-order valence-corrected chi connectivity index (χ4v) is 5.18. The summed E-state index contributed by atoms with van der Waals surface area (Å²) in [6.07, 6.45) is 3.46. The molecule has 0 aliphatic carbocycles.